The van der Waals surface area contributed by atoms with E-state index in [-0.39, 0.29) is 11.5 Å². The Morgan fingerprint density at radius 2 is 2.03 bits per heavy atom. The molecule has 2 aromatic carbocycles. The fourth-order valence-corrected chi connectivity index (χ4v) is 3.38. The summed E-state index contributed by atoms with van der Waals surface area (Å²) in [5.41, 5.74) is 4.83. The van der Waals surface area contributed by atoms with Crippen molar-refractivity contribution in [2.45, 2.75) is 0 Å². The lowest BCUT2D eigenvalue weighted by atomic mass is 10.1. The van der Waals surface area contributed by atoms with Crippen molar-refractivity contribution in [3.8, 4) is 23.0 Å². The maximum absolute atomic E-state index is 12.3. The molecule has 0 aliphatic rings. The molecule has 0 saturated heterocycles. The number of hydrazone groups is 1. The molecule has 0 bridgehead atoms. The van der Waals surface area contributed by atoms with Gasteiger partial charge in [-0.15, -0.1) is 0 Å². The van der Waals surface area contributed by atoms with E-state index in [1.165, 1.54) is 0 Å². The van der Waals surface area contributed by atoms with Crippen LogP contribution in [0.3, 0.4) is 0 Å². The number of hydrogen-bond acceptors (Lipinski definition) is 6. The van der Waals surface area contributed by atoms with Crippen LogP contribution < -0.4 is 11.0 Å². The molecule has 8 nitrogen and oxygen atoms in total. The van der Waals surface area contributed by atoms with E-state index in [0.29, 0.717) is 11.3 Å². The predicted molar refractivity (Wildman–Crippen MR) is 117 cm³/mol. The number of hydrogen-bond donors (Lipinski definition) is 2. The van der Waals surface area contributed by atoms with E-state index >= 15 is 0 Å². The summed E-state index contributed by atoms with van der Waals surface area (Å²) < 4.78 is 2.60. The summed E-state index contributed by atoms with van der Waals surface area (Å²) >= 11 is 3.53. The first-order valence-electron chi connectivity index (χ1n) is 8.84. The van der Waals surface area contributed by atoms with Crippen LogP contribution in [0, 0.1) is 11.3 Å². The number of benzene rings is 2. The third kappa shape index (κ3) is 4.04. The van der Waals surface area contributed by atoms with Crippen molar-refractivity contribution in [1.29, 1.82) is 5.26 Å². The second kappa shape index (κ2) is 8.55. The van der Waals surface area contributed by atoms with Crippen LogP contribution >= 0.6 is 15.9 Å². The van der Waals surface area contributed by atoms with Crippen molar-refractivity contribution < 1.29 is 0 Å². The van der Waals surface area contributed by atoms with Crippen molar-refractivity contribution in [1.82, 2.24) is 19.7 Å². The van der Waals surface area contributed by atoms with Gasteiger partial charge in [-0.2, -0.15) is 15.5 Å². The number of aromatic nitrogens is 4. The topological polar surface area (TPSA) is 112 Å². The zero-order chi connectivity index (χ0) is 20.9. The summed E-state index contributed by atoms with van der Waals surface area (Å²) in [6, 6.07) is 18.5. The number of aromatic amines is 1. The Morgan fingerprint density at radius 3 is 2.73 bits per heavy atom. The van der Waals surface area contributed by atoms with Gasteiger partial charge in [-0.1, -0.05) is 36.4 Å². The second-order valence-electron chi connectivity index (χ2n) is 6.15. The molecule has 0 saturated carbocycles. The standard InChI is InChI=1S/C21H14BrN7O/c22-17-11-14(7-8-18(17)29-10-4-9-25-29)13-24-28-21-26-19(15-5-2-1-3-6-15)16(12-23)20(30)27-21/h1-11,13H,(H2,26,27,28,30). The lowest BCUT2D eigenvalue weighted by molar-refractivity contribution is 0.876. The maximum Gasteiger partial charge on any atom is 0.270 e. The zero-order valence-electron chi connectivity index (χ0n) is 15.5. The van der Waals surface area contributed by atoms with Gasteiger partial charge in [0.2, 0.25) is 5.95 Å². The van der Waals surface area contributed by atoms with Crippen LogP contribution in [0.4, 0.5) is 5.95 Å². The highest BCUT2D eigenvalue weighted by Crippen LogP contribution is 2.22. The third-order valence-electron chi connectivity index (χ3n) is 4.19. The molecule has 2 N–H and O–H groups in total. The zero-order valence-corrected chi connectivity index (χ0v) is 17.0. The van der Waals surface area contributed by atoms with Gasteiger partial charge in [-0.05, 0) is 39.7 Å². The molecule has 0 aliphatic heterocycles. The van der Waals surface area contributed by atoms with Crippen LogP contribution in [0.2, 0.25) is 0 Å². The smallest absolute Gasteiger partial charge is 0.270 e. The van der Waals surface area contributed by atoms with Crippen LogP contribution in [0.5, 0.6) is 0 Å². The molecule has 4 aromatic rings. The van der Waals surface area contributed by atoms with E-state index in [0.717, 1.165) is 15.7 Å². The van der Waals surface area contributed by atoms with Gasteiger partial charge < -0.3 is 0 Å². The van der Waals surface area contributed by atoms with Crippen LogP contribution in [0.25, 0.3) is 16.9 Å². The Labute approximate surface area is 179 Å². The first-order valence-corrected chi connectivity index (χ1v) is 9.63. The van der Waals surface area contributed by atoms with Gasteiger partial charge in [-0.25, -0.2) is 15.1 Å². The van der Waals surface area contributed by atoms with Crippen molar-refractivity contribution in [2.75, 3.05) is 5.43 Å². The van der Waals surface area contributed by atoms with Crippen LogP contribution in [-0.2, 0) is 0 Å². The van der Waals surface area contributed by atoms with Gasteiger partial charge in [0.15, 0.2) is 0 Å². The van der Waals surface area contributed by atoms with E-state index in [9.17, 15) is 10.1 Å². The molecule has 9 heteroatoms. The number of rotatable bonds is 5. The van der Waals surface area contributed by atoms with E-state index in [1.807, 2.05) is 54.7 Å². The minimum atomic E-state index is -0.532. The monoisotopic (exact) mass is 459 g/mol. The number of nitrogens with one attached hydrogen (secondary N) is 2. The Morgan fingerprint density at radius 1 is 1.20 bits per heavy atom. The van der Waals surface area contributed by atoms with E-state index in [4.69, 9.17) is 0 Å². The molecule has 2 heterocycles. The Balaban J connectivity index is 1.58. The quantitative estimate of drug-likeness (QED) is 0.349. The van der Waals surface area contributed by atoms with Crippen LogP contribution in [0.15, 0.2) is 81.4 Å². The number of halogens is 1. The molecule has 0 atom stereocenters. The number of H-pyrrole nitrogens is 1. The average Bonchev–Trinajstić information content (AvgIpc) is 3.29. The highest BCUT2D eigenvalue weighted by Gasteiger charge is 2.12. The highest BCUT2D eigenvalue weighted by molar-refractivity contribution is 9.10. The van der Waals surface area contributed by atoms with Gasteiger partial charge in [0.25, 0.3) is 5.56 Å². The maximum atomic E-state index is 12.3. The minimum Gasteiger partial charge on any atom is -0.290 e. The third-order valence-corrected chi connectivity index (χ3v) is 4.82. The van der Waals surface area contributed by atoms with Crippen LogP contribution in [0.1, 0.15) is 11.1 Å². The van der Waals surface area contributed by atoms with Gasteiger partial charge in [0.1, 0.15) is 11.6 Å². The summed E-state index contributed by atoms with van der Waals surface area (Å²) in [7, 11) is 0. The van der Waals surface area contributed by atoms with Gasteiger partial charge in [0.05, 0.1) is 17.6 Å². The Hall–Kier alpha value is -4.03. The molecule has 146 valence electrons. The predicted octanol–water partition coefficient (Wildman–Crippen LogP) is 3.70. The lowest BCUT2D eigenvalue weighted by Crippen LogP contribution is -2.16. The second-order valence-corrected chi connectivity index (χ2v) is 7.00. The number of nitrogens with zero attached hydrogens (tertiary/aromatic N) is 5. The summed E-state index contributed by atoms with van der Waals surface area (Å²) in [5.74, 6) is 0.140. The number of anilines is 1. The summed E-state index contributed by atoms with van der Waals surface area (Å²) in [6.07, 6.45) is 5.16. The van der Waals surface area contributed by atoms with Gasteiger partial charge in [-0.3, -0.25) is 9.78 Å². The van der Waals surface area contributed by atoms with Crippen molar-refractivity contribution >= 4 is 28.1 Å². The molecule has 0 spiro atoms. The fraction of sp³-hybridized carbons (Fsp3) is 0. The molecular weight excluding hydrogens is 446 g/mol. The molecule has 0 amide bonds. The summed E-state index contributed by atoms with van der Waals surface area (Å²) in [4.78, 5) is 19.1. The van der Waals surface area contributed by atoms with Crippen molar-refractivity contribution in [3.05, 3.63) is 92.9 Å². The van der Waals surface area contributed by atoms with Crippen molar-refractivity contribution in [2.24, 2.45) is 5.10 Å². The molecule has 30 heavy (non-hydrogen) atoms. The van der Waals surface area contributed by atoms with E-state index < -0.39 is 5.56 Å². The Bertz CT molecular complexity index is 1310. The molecular formula is C21H14BrN7O. The summed E-state index contributed by atoms with van der Waals surface area (Å²) in [5, 5.41) is 17.7. The fourth-order valence-electron chi connectivity index (χ4n) is 2.80. The summed E-state index contributed by atoms with van der Waals surface area (Å²) in [6.45, 7) is 0. The van der Waals surface area contributed by atoms with E-state index in [2.05, 4.69) is 41.5 Å². The average molecular weight is 460 g/mol. The molecule has 2 aromatic heterocycles. The molecule has 4 rings (SSSR count). The lowest BCUT2D eigenvalue weighted by Gasteiger charge is -2.06. The highest BCUT2D eigenvalue weighted by atomic mass is 79.9. The van der Waals surface area contributed by atoms with E-state index in [1.54, 1.807) is 29.2 Å². The molecule has 0 fully saturated rings. The minimum absolute atomic E-state index is 0.0473. The van der Waals surface area contributed by atoms with Crippen LogP contribution in [-0.4, -0.2) is 26.0 Å². The molecule has 0 radical (unpaired) electrons. The first-order chi connectivity index (χ1) is 14.7. The van der Waals surface area contributed by atoms with Crippen molar-refractivity contribution in [3.63, 3.8) is 0 Å². The molecule has 0 unspecified atom stereocenters. The first kappa shape index (κ1) is 19.3. The molecule has 0 aliphatic carbocycles. The number of nitriles is 1. The van der Waals surface area contributed by atoms with Gasteiger partial charge >= 0.3 is 0 Å². The SMILES string of the molecule is N#Cc1c(-c2ccccc2)nc(NN=Cc2ccc(-n3cccn3)c(Br)c2)[nH]c1=O. The largest absolute Gasteiger partial charge is 0.290 e. The normalized spacial score (nSPS) is 10.8. The Kier molecular flexibility index (Phi) is 5.50. The van der Waals surface area contributed by atoms with Gasteiger partial charge in [0, 0.05) is 22.4 Å².